The van der Waals surface area contributed by atoms with Crippen LogP contribution in [-0.2, 0) is 0 Å². The molecule has 14 aromatic carbocycles. The number of para-hydroxylation sites is 2. The van der Waals surface area contributed by atoms with Gasteiger partial charge in [0, 0.05) is 16.3 Å². The average molecular weight is 847 g/mol. The molecular weight excluding hydrogens is 809 g/mol. The summed E-state index contributed by atoms with van der Waals surface area (Å²) < 4.78 is 6.73. The standard InChI is InChI=1S/C66H38O/c1-3-18-39(19-4-1)41-22-7-11-27-47(41)61-57-38-56-44-25-10-9-24-43(44)49-29-15-33-53(60(49)56)62(57)63(48-28-12-8-23-42(48)40-20-5-2-6-21-40)65-54-34-16-30-50-45(36-37-55(59(50)54)64(61)65)51-31-17-32-52-46-26-13-14-35-58(46)67-66(51)52/h1-38H. The van der Waals surface area contributed by atoms with Gasteiger partial charge in [-0.15, -0.1) is 0 Å². The first-order valence-corrected chi connectivity index (χ1v) is 23.3. The molecule has 0 aliphatic rings. The van der Waals surface area contributed by atoms with Crippen LogP contribution >= 0.6 is 0 Å². The monoisotopic (exact) mass is 846 g/mol. The van der Waals surface area contributed by atoms with Crippen molar-refractivity contribution in [2.45, 2.75) is 0 Å². The molecular formula is C66H38O. The first-order valence-electron chi connectivity index (χ1n) is 23.3. The van der Waals surface area contributed by atoms with E-state index in [1.54, 1.807) is 0 Å². The summed E-state index contributed by atoms with van der Waals surface area (Å²) >= 11 is 0. The molecule has 1 heterocycles. The molecule has 0 atom stereocenters. The van der Waals surface area contributed by atoms with E-state index < -0.39 is 0 Å². The Bertz CT molecular complexity index is 4480. The molecule has 15 rings (SSSR count). The lowest BCUT2D eigenvalue weighted by atomic mass is 9.81. The quantitative estimate of drug-likeness (QED) is 0.157. The molecule has 308 valence electrons. The van der Waals surface area contributed by atoms with Crippen LogP contribution in [0, 0.1) is 0 Å². The topological polar surface area (TPSA) is 13.1 Å². The van der Waals surface area contributed by atoms with Crippen molar-refractivity contribution >= 4 is 97.3 Å². The van der Waals surface area contributed by atoms with Crippen LogP contribution < -0.4 is 0 Å². The van der Waals surface area contributed by atoms with Gasteiger partial charge in [0.05, 0.1) is 0 Å². The smallest absolute Gasteiger partial charge is 0.143 e. The van der Waals surface area contributed by atoms with Crippen molar-refractivity contribution in [2.24, 2.45) is 0 Å². The summed E-state index contributed by atoms with van der Waals surface area (Å²) in [6.45, 7) is 0. The number of benzene rings is 12. The molecule has 0 N–H and O–H groups in total. The van der Waals surface area contributed by atoms with Gasteiger partial charge < -0.3 is 4.42 Å². The van der Waals surface area contributed by atoms with E-state index in [4.69, 9.17) is 4.42 Å². The molecule has 1 nitrogen and oxygen atoms in total. The first-order chi connectivity index (χ1) is 33.3. The van der Waals surface area contributed by atoms with Gasteiger partial charge in [0.2, 0.25) is 0 Å². The Morgan fingerprint density at radius 1 is 0.209 bits per heavy atom. The highest BCUT2D eigenvalue weighted by atomic mass is 16.3. The largest absolute Gasteiger partial charge is 0.455 e. The van der Waals surface area contributed by atoms with Gasteiger partial charge in [-0.1, -0.05) is 218 Å². The summed E-state index contributed by atoms with van der Waals surface area (Å²) in [5, 5.41) is 20.2. The van der Waals surface area contributed by atoms with E-state index in [0.29, 0.717) is 0 Å². The molecule has 1 heteroatoms. The van der Waals surface area contributed by atoms with E-state index in [-0.39, 0.29) is 0 Å². The van der Waals surface area contributed by atoms with Crippen LogP contribution in [0.5, 0.6) is 0 Å². The van der Waals surface area contributed by atoms with E-state index in [1.807, 2.05) is 0 Å². The predicted octanol–water partition coefficient (Wildman–Crippen LogP) is 18.9. The molecule has 0 unspecified atom stereocenters. The number of hydrogen-bond acceptors (Lipinski definition) is 1. The zero-order chi connectivity index (χ0) is 43.7. The maximum Gasteiger partial charge on any atom is 0.143 e. The minimum absolute atomic E-state index is 0.906. The van der Waals surface area contributed by atoms with E-state index in [0.717, 1.165) is 27.5 Å². The number of rotatable bonds is 5. The minimum atomic E-state index is 0.906. The lowest BCUT2D eigenvalue weighted by molar-refractivity contribution is 0.670. The van der Waals surface area contributed by atoms with Gasteiger partial charge >= 0.3 is 0 Å². The molecule has 0 fully saturated rings. The van der Waals surface area contributed by atoms with Crippen LogP contribution in [0.3, 0.4) is 0 Å². The molecule has 0 bridgehead atoms. The number of furan rings is 1. The summed E-state index contributed by atoms with van der Waals surface area (Å²) in [4.78, 5) is 0. The summed E-state index contributed by atoms with van der Waals surface area (Å²) in [6.07, 6.45) is 0. The third-order valence-electron chi connectivity index (χ3n) is 14.8. The van der Waals surface area contributed by atoms with Crippen molar-refractivity contribution in [1.29, 1.82) is 0 Å². The molecule has 0 aliphatic heterocycles. The summed E-state index contributed by atoms with van der Waals surface area (Å²) in [5.41, 5.74) is 13.9. The Morgan fingerprint density at radius 3 is 1.39 bits per heavy atom. The van der Waals surface area contributed by atoms with Gasteiger partial charge in [-0.05, 0) is 138 Å². The Hall–Kier alpha value is -8.78. The minimum Gasteiger partial charge on any atom is -0.455 e. The normalized spacial score (nSPS) is 12.2. The third kappa shape index (κ3) is 5.03. The Morgan fingerprint density at radius 2 is 0.672 bits per heavy atom. The lowest BCUT2D eigenvalue weighted by Crippen LogP contribution is -1.94. The van der Waals surface area contributed by atoms with Crippen LogP contribution in [0.25, 0.3) is 153 Å². The molecule has 67 heavy (non-hydrogen) atoms. The van der Waals surface area contributed by atoms with Gasteiger partial charge in [-0.25, -0.2) is 0 Å². The molecule has 0 saturated carbocycles. The summed E-state index contributed by atoms with van der Waals surface area (Å²) in [5.74, 6) is 0. The van der Waals surface area contributed by atoms with Gasteiger partial charge in [0.1, 0.15) is 11.2 Å². The highest BCUT2D eigenvalue weighted by molar-refractivity contribution is 6.45. The Labute approximate surface area is 386 Å². The average Bonchev–Trinajstić information content (AvgIpc) is 4.06. The Kier molecular flexibility index (Phi) is 7.56. The van der Waals surface area contributed by atoms with E-state index in [9.17, 15) is 0 Å². The predicted molar refractivity (Wildman–Crippen MR) is 286 cm³/mol. The van der Waals surface area contributed by atoms with Crippen LogP contribution in [0.15, 0.2) is 235 Å². The van der Waals surface area contributed by atoms with Crippen LogP contribution in [0.2, 0.25) is 0 Å². The highest BCUT2D eigenvalue weighted by Gasteiger charge is 2.29. The highest BCUT2D eigenvalue weighted by Crippen LogP contribution is 2.57. The fraction of sp³-hybridized carbons (Fsp3) is 0. The maximum atomic E-state index is 6.73. The van der Waals surface area contributed by atoms with Crippen molar-refractivity contribution < 1.29 is 4.42 Å². The van der Waals surface area contributed by atoms with Gasteiger partial charge in [0.25, 0.3) is 0 Å². The molecule has 0 saturated heterocycles. The van der Waals surface area contributed by atoms with E-state index in [2.05, 4.69) is 231 Å². The summed E-state index contributed by atoms with van der Waals surface area (Å²) in [6, 6.07) is 85.3. The van der Waals surface area contributed by atoms with Gasteiger partial charge in [-0.2, -0.15) is 0 Å². The van der Waals surface area contributed by atoms with E-state index in [1.165, 1.54) is 125 Å². The Balaban J connectivity index is 1.21. The van der Waals surface area contributed by atoms with Gasteiger partial charge in [0.15, 0.2) is 0 Å². The molecule has 0 amide bonds. The lowest BCUT2D eigenvalue weighted by Gasteiger charge is -2.22. The third-order valence-corrected chi connectivity index (χ3v) is 14.8. The second-order valence-corrected chi connectivity index (χ2v) is 18.1. The molecule has 0 spiro atoms. The second kappa shape index (κ2) is 13.9. The zero-order valence-electron chi connectivity index (χ0n) is 36.3. The molecule has 1 aromatic heterocycles. The van der Waals surface area contributed by atoms with Crippen molar-refractivity contribution in [3.8, 4) is 55.6 Å². The molecule has 0 aliphatic carbocycles. The SMILES string of the molecule is c1ccc(-c2ccccc2-c2c3cc4c5ccccc5c5cccc(c3c(-c3ccccc3-c3ccccc3)c3c6cccc7c(-c8cccc9c8oc8ccccc89)ccc(c23)c76)c54)cc1. The summed E-state index contributed by atoms with van der Waals surface area (Å²) in [7, 11) is 0. The number of fused-ring (bicyclic) bond motifs is 11. The van der Waals surface area contributed by atoms with Crippen LogP contribution in [-0.4, -0.2) is 0 Å². The van der Waals surface area contributed by atoms with Crippen LogP contribution in [0.4, 0.5) is 0 Å². The fourth-order valence-corrected chi connectivity index (χ4v) is 12.1. The van der Waals surface area contributed by atoms with Crippen LogP contribution in [0.1, 0.15) is 0 Å². The van der Waals surface area contributed by atoms with Crippen molar-refractivity contribution in [3.05, 3.63) is 231 Å². The van der Waals surface area contributed by atoms with Crippen molar-refractivity contribution in [1.82, 2.24) is 0 Å². The first kappa shape index (κ1) is 36.5. The van der Waals surface area contributed by atoms with E-state index >= 15 is 0 Å². The van der Waals surface area contributed by atoms with Crippen molar-refractivity contribution in [3.63, 3.8) is 0 Å². The zero-order valence-corrected chi connectivity index (χ0v) is 36.3. The van der Waals surface area contributed by atoms with Gasteiger partial charge in [-0.3, -0.25) is 0 Å². The maximum absolute atomic E-state index is 6.73. The molecule has 0 radical (unpaired) electrons. The number of hydrogen-bond donors (Lipinski definition) is 0. The molecule has 15 aromatic rings. The fourth-order valence-electron chi connectivity index (χ4n) is 12.1. The second-order valence-electron chi connectivity index (χ2n) is 18.1. The van der Waals surface area contributed by atoms with Crippen molar-refractivity contribution in [2.75, 3.05) is 0 Å².